The van der Waals surface area contributed by atoms with E-state index in [9.17, 15) is 0 Å². The minimum Gasteiger partial charge on any atom is -0.544 e. The van der Waals surface area contributed by atoms with Gasteiger partial charge in [-0.25, -0.2) is 4.99 Å². The standard InChI is InChI=1S/C18H29NO2Si/c1-13(2)16-12-20-17(19-16)14-8-10-15(11-9-14)21-22(6,7)18(3,4)5/h8-11,13,16H,12H2,1-7H3. The van der Waals surface area contributed by atoms with Gasteiger partial charge >= 0.3 is 0 Å². The molecule has 0 radical (unpaired) electrons. The van der Waals surface area contributed by atoms with Crippen LogP contribution in [0, 0.1) is 5.92 Å². The number of aliphatic imine (C=N–C) groups is 1. The fraction of sp³-hybridized carbons (Fsp3) is 0.611. The van der Waals surface area contributed by atoms with Crippen LogP contribution in [-0.2, 0) is 4.74 Å². The maximum atomic E-state index is 6.30. The van der Waals surface area contributed by atoms with E-state index in [4.69, 9.17) is 9.16 Å². The fourth-order valence-electron chi connectivity index (χ4n) is 2.00. The van der Waals surface area contributed by atoms with Gasteiger partial charge in [0.15, 0.2) is 0 Å². The molecular formula is C18H29NO2Si. The zero-order valence-corrected chi connectivity index (χ0v) is 15.9. The highest BCUT2D eigenvalue weighted by atomic mass is 28.4. The molecule has 2 rings (SSSR count). The summed E-state index contributed by atoms with van der Waals surface area (Å²) in [6, 6.07) is 8.43. The van der Waals surface area contributed by atoms with Gasteiger partial charge in [-0.1, -0.05) is 34.6 Å². The van der Waals surface area contributed by atoms with E-state index in [2.05, 4.69) is 52.7 Å². The monoisotopic (exact) mass is 319 g/mol. The highest BCUT2D eigenvalue weighted by molar-refractivity contribution is 6.74. The molecule has 1 aromatic rings. The molecule has 3 nitrogen and oxygen atoms in total. The van der Waals surface area contributed by atoms with Crippen LogP contribution in [0.4, 0.5) is 0 Å². The molecule has 0 saturated carbocycles. The first-order valence-electron chi connectivity index (χ1n) is 8.10. The summed E-state index contributed by atoms with van der Waals surface area (Å²) in [5, 5.41) is 0.203. The van der Waals surface area contributed by atoms with Crippen molar-refractivity contribution in [3.05, 3.63) is 29.8 Å². The van der Waals surface area contributed by atoms with E-state index in [1.54, 1.807) is 0 Å². The van der Waals surface area contributed by atoms with Gasteiger partial charge in [0.25, 0.3) is 0 Å². The number of hydrogen-bond acceptors (Lipinski definition) is 3. The Kier molecular flexibility index (Phi) is 4.71. The van der Waals surface area contributed by atoms with Crippen LogP contribution in [0.2, 0.25) is 18.1 Å². The molecule has 1 aliphatic rings. The van der Waals surface area contributed by atoms with Crippen LogP contribution < -0.4 is 4.43 Å². The van der Waals surface area contributed by atoms with Crippen LogP contribution in [0.3, 0.4) is 0 Å². The van der Waals surface area contributed by atoms with Crippen LogP contribution in [0.15, 0.2) is 29.3 Å². The summed E-state index contributed by atoms with van der Waals surface area (Å²) in [4.78, 5) is 4.66. The summed E-state index contributed by atoms with van der Waals surface area (Å²) < 4.78 is 12.0. The second-order valence-corrected chi connectivity index (χ2v) is 12.7. The Labute approximate surface area is 135 Å². The lowest BCUT2D eigenvalue weighted by Gasteiger charge is -2.36. The molecule has 0 aromatic heterocycles. The maximum Gasteiger partial charge on any atom is 0.250 e. The first-order valence-corrected chi connectivity index (χ1v) is 11.0. The predicted molar refractivity (Wildman–Crippen MR) is 95.4 cm³/mol. The average Bonchev–Trinajstić information content (AvgIpc) is 2.87. The van der Waals surface area contributed by atoms with Crippen LogP contribution in [0.25, 0.3) is 0 Å². The fourth-order valence-corrected chi connectivity index (χ4v) is 3.03. The van der Waals surface area contributed by atoms with Crippen molar-refractivity contribution in [2.75, 3.05) is 6.61 Å². The number of nitrogens with zero attached hydrogens (tertiary/aromatic N) is 1. The summed E-state index contributed by atoms with van der Waals surface area (Å²) in [6.45, 7) is 16.3. The summed E-state index contributed by atoms with van der Waals surface area (Å²) in [5.41, 5.74) is 1.03. The minimum atomic E-state index is -1.78. The molecule has 22 heavy (non-hydrogen) atoms. The summed E-state index contributed by atoms with van der Waals surface area (Å²) in [7, 11) is -1.78. The average molecular weight is 320 g/mol. The highest BCUT2D eigenvalue weighted by Crippen LogP contribution is 2.37. The number of benzene rings is 1. The van der Waals surface area contributed by atoms with E-state index in [0.29, 0.717) is 12.5 Å². The summed E-state index contributed by atoms with van der Waals surface area (Å²) in [6.07, 6.45) is 0. The lowest BCUT2D eigenvalue weighted by atomic mass is 10.1. The van der Waals surface area contributed by atoms with Crippen molar-refractivity contribution in [1.29, 1.82) is 0 Å². The highest BCUT2D eigenvalue weighted by Gasteiger charge is 2.38. The molecule has 1 atom stereocenters. The van der Waals surface area contributed by atoms with Crippen molar-refractivity contribution in [2.45, 2.75) is 58.8 Å². The van der Waals surface area contributed by atoms with Crippen molar-refractivity contribution < 1.29 is 9.16 Å². The zero-order chi connectivity index (χ0) is 16.5. The van der Waals surface area contributed by atoms with Crippen LogP contribution >= 0.6 is 0 Å². The quantitative estimate of drug-likeness (QED) is 0.741. The normalized spacial score (nSPS) is 19.1. The Morgan fingerprint density at radius 2 is 1.77 bits per heavy atom. The minimum absolute atomic E-state index is 0.203. The third-order valence-electron chi connectivity index (χ3n) is 4.72. The van der Waals surface area contributed by atoms with Crippen molar-refractivity contribution in [3.8, 4) is 5.75 Å². The molecule has 0 spiro atoms. The van der Waals surface area contributed by atoms with Crippen LogP contribution in [0.1, 0.15) is 40.2 Å². The lowest BCUT2D eigenvalue weighted by Crippen LogP contribution is -2.43. The van der Waals surface area contributed by atoms with Gasteiger partial charge in [0, 0.05) is 5.56 Å². The smallest absolute Gasteiger partial charge is 0.250 e. The third-order valence-corrected chi connectivity index (χ3v) is 9.08. The van der Waals surface area contributed by atoms with Gasteiger partial charge in [0.2, 0.25) is 14.2 Å². The molecule has 0 saturated heterocycles. The zero-order valence-electron chi connectivity index (χ0n) is 14.9. The summed E-state index contributed by atoms with van der Waals surface area (Å²) >= 11 is 0. The molecule has 4 heteroatoms. The van der Waals surface area contributed by atoms with Gasteiger partial charge < -0.3 is 9.16 Å². The second kappa shape index (κ2) is 6.07. The van der Waals surface area contributed by atoms with Crippen LogP contribution in [-0.4, -0.2) is 26.9 Å². The van der Waals surface area contributed by atoms with Crippen molar-refractivity contribution in [1.82, 2.24) is 0 Å². The van der Waals surface area contributed by atoms with Crippen molar-refractivity contribution in [2.24, 2.45) is 10.9 Å². The molecule has 0 fully saturated rings. The molecule has 0 bridgehead atoms. The maximum absolute atomic E-state index is 6.30. The molecule has 0 amide bonds. The molecule has 0 aliphatic carbocycles. The largest absolute Gasteiger partial charge is 0.544 e. The first kappa shape index (κ1) is 17.1. The first-order chi connectivity index (χ1) is 10.1. The summed E-state index contributed by atoms with van der Waals surface area (Å²) in [5.74, 6) is 2.21. The Hall–Kier alpha value is -1.29. The van der Waals surface area contributed by atoms with E-state index in [1.165, 1.54) is 0 Å². The van der Waals surface area contributed by atoms with Gasteiger partial charge in [0.1, 0.15) is 12.4 Å². The van der Waals surface area contributed by atoms with Gasteiger partial charge in [-0.15, -0.1) is 0 Å². The topological polar surface area (TPSA) is 30.8 Å². The Morgan fingerprint density at radius 3 is 2.23 bits per heavy atom. The lowest BCUT2D eigenvalue weighted by molar-refractivity contribution is 0.292. The van der Waals surface area contributed by atoms with Gasteiger partial charge in [-0.05, 0) is 48.3 Å². The molecule has 1 aromatic carbocycles. The van der Waals surface area contributed by atoms with E-state index >= 15 is 0 Å². The van der Waals surface area contributed by atoms with Crippen molar-refractivity contribution >= 4 is 14.2 Å². The molecule has 122 valence electrons. The SMILES string of the molecule is CC(C)C1COC(c2ccc(O[Si](C)(C)C(C)(C)C)cc2)=N1. The Balaban J connectivity index is 2.10. The van der Waals surface area contributed by atoms with Gasteiger partial charge in [0.05, 0.1) is 6.04 Å². The molecular weight excluding hydrogens is 290 g/mol. The van der Waals surface area contributed by atoms with Crippen LogP contribution in [0.5, 0.6) is 5.75 Å². The number of hydrogen-bond donors (Lipinski definition) is 0. The number of rotatable bonds is 4. The molecule has 1 unspecified atom stereocenters. The predicted octanol–water partition coefficient (Wildman–Crippen LogP) is 4.87. The molecule has 0 N–H and O–H groups in total. The molecule has 1 heterocycles. The van der Waals surface area contributed by atoms with E-state index in [-0.39, 0.29) is 11.1 Å². The van der Waals surface area contributed by atoms with Crippen molar-refractivity contribution in [3.63, 3.8) is 0 Å². The van der Waals surface area contributed by atoms with Gasteiger partial charge in [-0.3, -0.25) is 0 Å². The van der Waals surface area contributed by atoms with E-state index in [1.807, 2.05) is 24.3 Å². The Bertz CT molecular complexity index is 541. The molecule has 1 aliphatic heterocycles. The second-order valence-electron chi connectivity index (χ2n) is 7.94. The Morgan fingerprint density at radius 1 is 1.18 bits per heavy atom. The van der Waals surface area contributed by atoms with E-state index in [0.717, 1.165) is 17.2 Å². The number of ether oxygens (including phenoxy) is 1. The van der Waals surface area contributed by atoms with Gasteiger partial charge in [-0.2, -0.15) is 0 Å². The third kappa shape index (κ3) is 3.72. The van der Waals surface area contributed by atoms with E-state index < -0.39 is 8.32 Å².